The summed E-state index contributed by atoms with van der Waals surface area (Å²) in [6.45, 7) is 1.52. The predicted octanol–water partition coefficient (Wildman–Crippen LogP) is 2.37. The number of pyridine rings is 1. The van der Waals surface area contributed by atoms with Gasteiger partial charge in [0, 0.05) is 11.2 Å². The van der Waals surface area contributed by atoms with Crippen LogP contribution >= 0.6 is 11.6 Å². The number of H-pyrrole nitrogens is 1. The SMILES string of the molecule is Cc1c(C=Nc2cc(Cl)ccc2O)c(O)[nH]c(=O)c1C#N. The zero-order valence-electron chi connectivity index (χ0n) is 10.9. The predicted molar refractivity (Wildman–Crippen MR) is 78.6 cm³/mol. The molecule has 7 heteroatoms. The lowest BCUT2D eigenvalue weighted by Gasteiger charge is -2.05. The summed E-state index contributed by atoms with van der Waals surface area (Å²) in [6.07, 6.45) is 1.24. The minimum atomic E-state index is -0.671. The molecule has 21 heavy (non-hydrogen) atoms. The number of nitriles is 1. The second-order valence-corrected chi connectivity index (χ2v) is 4.66. The highest BCUT2D eigenvalue weighted by atomic mass is 35.5. The van der Waals surface area contributed by atoms with E-state index in [0.717, 1.165) is 0 Å². The number of nitrogens with zero attached hydrogens (tertiary/aromatic N) is 2. The first-order valence-electron chi connectivity index (χ1n) is 5.82. The van der Waals surface area contributed by atoms with Crippen LogP contribution in [0.4, 0.5) is 5.69 Å². The molecule has 0 saturated heterocycles. The number of benzene rings is 1. The highest BCUT2D eigenvalue weighted by molar-refractivity contribution is 6.30. The van der Waals surface area contributed by atoms with E-state index in [9.17, 15) is 15.0 Å². The molecule has 0 amide bonds. The molecule has 0 bridgehead atoms. The van der Waals surface area contributed by atoms with Crippen LogP contribution in [0.25, 0.3) is 0 Å². The zero-order valence-corrected chi connectivity index (χ0v) is 11.6. The van der Waals surface area contributed by atoms with Gasteiger partial charge >= 0.3 is 0 Å². The van der Waals surface area contributed by atoms with Gasteiger partial charge in [-0.15, -0.1) is 0 Å². The Morgan fingerprint density at radius 2 is 2.14 bits per heavy atom. The molecule has 3 N–H and O–H groups in total. The normalized spacial score (nSPS) is 10.7. The molecule has 2 aromatic rings. The molecular weight excluding hydrogens is 294 g/mol. The summed E-state index contributed by atoms with van der Waals surface area (Å²) >= 11 is 5.80. The van der Waals surface area contributed by atoms with Crippen molar-refractivity contribution in [3.63, 3.8) is 0 Å². The summed E-state index contributed by atoms with van der Waals surface area (Å²) in [5.74, 6) is -0.487. The van der Waals surface area contributed by atoms with E-state index < -0.39 is 11.4 Å². The lowest BCUT2D eigenvalue weighted by atomic mass is 10.1. The Bertz CT molecular complexity index is 835. The van der Waals surface area contributed by atoms with E-state index in [0.29, 0.717) is 10.6 Å². The molecule has 1 aromatic carbocycles. The van der Waals surface area contributed by atoms with Gasteiger partial charge in [-0.1, -0.05) is 11.6 Å². The van der Waals surface area contributed by atoms with Gasteiger partial charge in [-0.3, -0.25) is 14.8 Å². The zero-order chi connectivity index (χ0) is 15.6. The molecule has 1 aromatic heterocycles. The maximum atomic E-state index is 11.5. The number of aromatic amines is 1. The molecule has 0 fully saturated rings. The fraction of sp³-hybridized carbons (Fsp3) is 0.0714. The van der Waals surface area contributed by atoms with Gasteiger partial charge in [-0.25, -0.2) is 0 Å². The summed E-state index contributed by atoms with van der Waals surface area (Å²) in [6, 6.07) is 6.09. The molecule has 0 atom stereocenters. The van der Waals surface area contributed by atoms with E-state index in [1.54, 1.807) is 6.07 Å². The van der Waals surface area contributed by atoms with Crippen LogP contribution in [-0.4, -0.2) is 21.4 Å². The third kappa shape index (κ3) is 2.88. The van der Waals surface area contributed by atoms with Gasteiger partial charge in [0.1, 0.15) is 23.1 Å². The topological polar surface area (TPSA) is 109 Å². The van der Waals surface area contributed by atoms with Crippen LogP contribution in [-0.2, 0) is 0 Å². The standard InChI is InChI=1S/C14H10ClN3O3/c1-7-9(5-16)13(20)18-14(21)10(7)6-17-11-4-8(15)2-3-12(11)19/h2-4,6,19H,1H3,(H2,18,20,21). The van der Waals surface area contributed by atoms with Gasteiger partial charge in [0.2, 0.25) is 5.88 Å². The molecule has 1 heterocycles. The smallest absolute Gasteiger partial charge is 0.268 e. The number of nitrogens with one attached hydrogen (secondary N) is 1. The van der Waals surface area contributed by atoms with Crippen molar-refractivity contribution in [2.45, 2.75) is 6.92 Å². The van der Waals surface area contributed by atoms with E-state index in [4.69, 9.17) is 16.9 Å². The quantitative estimate of drug-likeness (QED) is 0.740. The fourth-order valence-electron chi connectivity index (χ4n) is 1.75. The minimum Gasteiger partial charge on any atom is -0.506 e. The Morgan fingerprint density at radius 1 is 1.43 bits per heavy atom. The summed E-state index contributed by atoms with van der Waals surface area (Å²) in [5.41, 5.74) is -0.0969. The first-order chi connectivity index (χ1) is 9.93. The van der Waals surface area contributed by atoms with Crippen molar-refractivity contribution >= 4 is 23.5 Å². The van der Waals surface area contributed by atoms with Crippen molar-refractivity contribution in [2.24, 2.45) is 4.99 Å². The van der Waals surface area contributed by atoms with Crippen LogP contribution in [0.5, 0.6) is 11.6 Å². The van der Waals surface area contributed by atoms with Gasteiger partial charge in [0.15, 0.2) is 0 Å². The van der Waals surface area contributed by atoms with Crippen LogP contribution in [0.3, 0.4) is 0 Å². The minimum absolute atomic E-state index is 0.0854. The Hall–Kier alpha value is -2.78. The maximum Gasteiger partial charge on any atom is 0.268 e. The average molecular weight is 304 g/mol. The Kier molecular flexibility index (Phi) is 3.96. The molecule has 0 aliphatic rings. The van der Waals surface area contributed by atoms with Gasteiger partial charge < -0.3 is 10.2 Å². The van der Waals surface area contributed by atoms with Gasteiger partial charge in [-0.2, -0.15) is 5.26 Å². The molecule has 106 valence electrons. The number of aliphatic imine (C=N–C) groups is 1. The van der Waals surface area contributed by atoms with E-state index in [1.165, 1.54) is 31.3 Å². The van der Waals surface area contributed by atoms with Crippen LogP contribution < -0.4 is 5.56 Å². The molecule has 6 nitrogen and oxygen atoms in total. The number of aromatic hydroxyl groups is 2. The van der Waals surface area contributed by atoms with E-state index in [2.05, 4.69) is 9.98 Å². The molecule has 0 aliphatic heterocycles. The summed E-state index contributed by atoms with van der Waals surface area (Å²) in [7, 11) is 0. The molecule has 0 radical (unpaired) electrons. The monoisotopic (exact) mass is 303 g/mol. The van der Waals surface area contributed by atoms with Crippen molar-refractivity contribution in [1.29, 1.82) is 5.26 Å². The number of phenols is 1. The molecular formula is C14H10ClN3O3. The van der Waals surface area contributed by atoms with Crippen molar-refractivity contribution in [2.75, 3.05) is 0 Å². The lowest BCUT2D eigenvalue weighted by molar-refractivity contribution is 0.450. The largest absolute Gasteiger partial charge is 0.506 e. The van der Waals surface area contributed by atoms with Crippen LogP contribution in [0, 0.1) is 18.3 Å². The number of aromatic nitrogens is 1. The Morgan fingerprint density at radius 3 is 2.81 bits per heavy atom. The third-order valence-electron chi connectivity index (χ3n) is 2.88. The van der Waals surface area contributed by atoms with Crippen LogP contribution in [0.2, 0.25) is 5.02 Å². The summed E-state index contributed by atoms with van der Waals surface area (Å²) < 4.78 is 0. The highest BCUT2D eigenvalue weighted by Gasteiger charge is 2.12. The van der Waals surface area contributed by atoms with Gasteiger partial charge in [-0.05, 0) is 30.7 Å². The number of halogens is 1. The first kappa shape index (κ1) is 14.6. The Balaban J connectivity index is 2.54. The third-order valence-corrected chi connectivity index (χ3v) is 3.11. The van der Waals surface area contributed by atoms with Crippen LogP contribution in [0.1, 0.15) is 16.7 Å². The van der Waals surface area contributed by atoms with Crippen molar-refractivity contribution in [3.8, 4) is 17.7 Å². The van der Waals surface area contributed by atoms with E-state index in [-0.39, 0.29) is 22.6 Å². The van der Waals surface area contributed by atoms with E-state index in [1.807, 2.05) is 0 Å². The average Bonchev–Trinajstić information content (AvgIpc) is 2.42. The first-order valence-corrected chi connectivity index (χ1v) is 6.20. The summed E-state index contributed by atoms with van der Waals surface area (Å²) in [4.78, 5) is 17.6. The number of hydrogen-bond acceptors (Lipinski definition) is 5. The van der Waals surface area contributed by atoms with Crippen molar-refractivity contribution < 1.29 is 10.2 Å². The molecule has 0 saturated carbocycles. The number of hydrogen-bond donors (Lipinski definition) is 3. The molecule has 0 aliphatic carbocycles. The second kappa shape index (κ2) is 5.69. The Labute approximate surface area is 124 Å². The van der Waals surface area contributed by atoms with E-state index >= 15 is 0 Å². The molecule has 2 rings (SSSR count). The van der Waals surface area contributed by atoms with Gasteiger partial charge in [0.05, 0.1) is 5.56 Å². The van der Waals surface area contributed by atoms with Gasteiger partial charge in [0.25, 0.3) is 5.56 Å². The molecule has 0 unspecified atom stereocenters. The maximum absolute atomic E-state index is 11.5. The van der Waals surface area contributed by atoms with Crippen molar-refractivity contribution in [1.82, 2.24) is 4.98 Å². The molecule has 0 spiro atoms. The lowest BCUT2D eigenvalue weighted by Crippen LogP contribution is -2.14. The second-order valence-electron chi connectivity index (χ2n) is 4.22. The highest BCUT2D eigenvalue weighted by Crippen LogP contribution is 2.29. The fourth-order valence-corrected chi connectivity index (χ4v) is 1.91. The summed E-state index contributed by atoms with van der Waals surface area (Å²) in [5, 5.41) is 28.7. The number of rotatable bonds is 2. The van der Waals surface area contributed by atoms with Crippen molar-refractivity contribution in [3.05, 3.63) is 50.3 Å². The van der Waals surface area contributed by atoms with Crippen LogP contribution in [0.15, 0.2) is 28.0 Å². The number of phenolic OH excluding ortho intramolecular Hbond substituents is 1.